The largest absolute Gasteiger partial charge is 0.327 e. The molecule has 1 aliphatic heterocycles. The van der Waals surface area contributed by atoms with Gasteiger partial charge in [0.1, 0.15) is 10.8 Å². The maximum Gasteiger partial charge on any atom is 0.279 e. The fourth-order valence-corrected chi connectivity index (χ4v) is 4.67. The number of halogens is 1. The second-order valence-electron chi connectivity index (χ2n) is 6.77. The number of carbonyl (C=O) groups is 1. The number of aromatic nitrogens is 1. The lowest BCUT2D eigenvalue weighted by molar-refractivity contribution is -0.898. The van der Waals surface area contributed by atoms with Gasteiger partial charge in [-0.3, -0.25) is 4.79 Å². The Morgan fingerprint density at radius 1 is 1.23 bits per heavy atom. The van der Waals surface area contributed by atoms with E-state index in [0.29, 0.717) is 12.5 Å². The summed E-state index contributed by atoms with van der Waals surface area (Å²) >= 11 is 1.75. The van der Waals surface area contributed by atoms with Gasteiger partial charge in [0.05, 0.1) is 34.9 Å². The first-order chi connectivity index (χ1) is 12.7. The Morgan fingerprint density at radius 2 is 2.04 bits per heavy atom. The third-order valence-corrected chi connectivity index (χ3v) is 6.04. The summed E-state index contributed by atoms with van der Waals surface area (Å²) in [6, 6.07) is 14.5. The minimum atomic E-state index is -0.401. The molecular formula is C20H21FN3OS+. The molecule has 0 aliphatic carbocycles. The molecule has 3 aromatic rings. The number of hydrogen-bond acceptors (Lipinski definition) is 3. The van der Waals surface area contributed by atoms with Crippen molar-refractivity contribution >= 4 is 33.1 Å². The van der Waals surface area contributed by atoms with Crippen molar-refractivity contribution in [1.82, 2.24) is 4.98 Å². The van der Waals surface area contributed by atoms with E-state index < -0.39 is 5.82 Å². The molecule has 2 atom stereocenters. The SMILES string of the molecule is O=C(C[NH+]1CCC[C@H](c2nc3ccccc3s2)C1)Nc1ccccc1F. The summed E-state index contributed by atoms with van der Waals surface area (Å²) in [4.78, 5) is 18.3. The van der Waals surface area contributed by atoms with E-state index in [1.54, 1.807) is 29.5 Å². The van der Waals surface area contributed by atoms with E-state index in [4.69, 9.17) is 4.98 Å². The molecule has 1 aromatic heterocycles. The predicted octanol–water partition coefficient (Wildman–Crippen LogP) is 2.84. The standard InChI is InChI=1S/C20H20FN3OS/c21-15-7-1-2-8-16(15)22-19(25)13-24-11-5-6-14(12-24)20-23-17-9-3-4-10-18(17)26-20/h1-4,7-10,14H,5-6,11-13H2,(H,22,25)/p+1/t14-/m0/s1. The second kappa shape index (κ2) is 7.51. The maximum atomic E-state index is 13.7. The molecule has 1 amide bonds. The van der Waals surface area contributed by atoms with Gasteiger partial charge >= 0.3 is 0 Å². The summed E-state index contributed by atoms with van der Waals surface area (Å²) in [6.07, 6.45) is 2.18. The van der Waals surface area contributed by atoms with Gasteiger partial charge in [0.2, 0.25) is 0 Å². The van der Waals surface area contributed by atoms with Crippen molar-refractivity contribution in [2.24, 2.45) is 0 Å². The number of benzene rings is 2. The molecule has 1 aliphatic rings. The number of quaternary nitrogens is 1. The van der Waals surface area contributed by atoms with Gasteiger partial charge in [-0.25, -0.2) is 9.37 Å². The monoisotopic (exact) mass is 370 g/mol. The van der Waals surface area contributed by atoms with E-state index in [2.05, 4.69) is 11.4 Å². The van der Waals surface area contributed by atoms with Crippen molar-refractivity contribution in [1.29, 1.82) is 0 Å². The minimum Gasteiger partial charge on any atom is -0.327 e. The zero-order valence-corrected chi connectivity index (χ0v) is 15.2. The van der Waals surface area contributed by atoms with Crippen LogP contribution in [0.25, 0.3) is 10.2 Å². The Hall–Kier alpha value is -2.31. The van der Waals surface area contributed by atoms with Gasteiger partial charge in [0.25, 0.3) is 5.91 Å². The molecule has 1 saturated heterocycles. The summed E-state index contributed by atoms with van der Waals surface area (Å²) in [5, 5.41) is 3.85. The van der Waals surface area contributed by atoms with Crippen LogP contribution in [0.5, 0.6) is 0 Å². The zero-order chi connectivity index (χ0) is 17.9. The molecule has 0 radical (unpaired) electrons. The molecule has 1 fully saturated rings. The van der Waals surface area contributed by atoms with Crippen LogP contribution in [-0.2, 0) is 4.79 Å². The fourth-order valence-electron chi connectivity index (χ4n) is 3.57. The molecule has 0 saturated carbocycles. The molecule has 0 spiro atoms. The Morgan fingerprint density at radius 3 is 2.88 bits per heavy atom. The number of fused-ring (bicyclic) bond motifs is 1. The molecule has 2 heterocycles. The van der Waals surface area contributed by atoms with Crippen LogP contribution in [0.3, 0.4) is 0 Å². The molecule has 4 nitrogen and oxygen atoms in total. The number of amides is 1. The van der Waals surface area contributed by atoms with Gasteiger partial charge in [-0.15, -0.1) is 11.3 Å². The third-order valence-electron chi connectivity index (χ3n) is 4.84. The average molecular weight is 370 g/mol. The summed E-state index contributed by atoms with van der Waals surface area (Å²) in [5.41, 5.74) is 1.30. The first-order valence-electron chi connectivity index (χ1n) is 8.92. The van der Waals surface area contributed by atoms with Crippen LogP contribution < -0.4 is 10.2 Å². The van der Waals surface area contributed by atoms with E-state index in [1.807, 2.05) is 18.2 Å². The quantitative estimate of drug-likeness (QED) is 0.742. The summed E-state index contributed by atoms with van der Waals surface area (Å²) < 4.78 is 14.9. The maximum absolute atomic E-state index is 13.7. The van der Waals surface area contributed by atoms with Crippen molar-refractivity contribution < 1.29 is 14.1 Å². The topological polar surface area (TPSA) is 46.4 Å². The normalized spacial score (nSPS) is 20.2. The van der Waals surface area contributed by atoms with Crippen LogP contribution in [0, 0.1) is 5.82 Å². The van der Waals surface area contributed by atoms with Crippen molar-refractivity contribution in [2.75, 3.05) is 25.0 Å². The molecule has 6 heteroatoms. The highest BCUT2D eigenvalue weighted by Gasteiger charge is 2.28. The molecular weight excluding hydrogens is 349 g/mol. The predicted molar refractivity (Wildman–Crippen MR) is 102 cm³/mol. The molecule has 134 valence electrons. The van der Waals surface area contributed by atoms with Gasteiger partial charge in [-0.1, -0.05) is 24.3 Å². The number of nitrogens with one attached hydrogen (secondary N) is 2. The number of para-hydroxylation sites is 2. The highest BCUT2D eigenvalue weighted by atomic mass is 32.1. The highest BCUT2D eigenvalue weighted by Crippen LogP contribution is 2.30. The van der Waals surface area contributed by atoms with E-state index in [-0.39, 0.29) is 11.6 Å². The Bertz CT molecular complexity index is 893. The molecule has 4 rings (SSSR count). The van der Waals surface area contributed by atoms with Gasteiger partial charge in [0, 0.05) is 0 Å². The van der Waals surface area contributed by atoms with Crippen LogP contribution in [0.15, 0.2) is 48.5 Å². The zero-order valence-electron chi connectivity index (χ0n) is 14.4. The van der Waals surface area contributed by atoms with Crippen LogP contribution in [-0.4, -0.2) is 30.5 Å². The Kier molecular flexibility index (Phi) is 4.95. The number of rotatable bonds is 4. The van der Waals surface area contributed by atoms with Crippen LogP contribution in [0.4, 0.5) is 10.1 Å². The number of nitrogens with zero attached hydrogens (tertiary/aromatic N) is 1. The lowest BCUT2D eigenvalue weighted by atomic mass is 9.99. The third kappa shape index (κ3) is 3.76. The highest BCUT2D eigenvalue weighted by molar-refractivity contribution is 7.18. The summed E-state index contributed by atoms with van der Waals surface area (Å²) in [6.45, 7) is 2.21. The van der Waals surface area contributed by atoms with Crippen molar-refractivity contribution in [3.63, 3.8) is 0 Å². The molecule has 1 unspecified atom stereocenters. The smallest absolute Gasteiger partial charge is 0.279 e. The molecule has 26 heavy (non-hydrogen) atoms. The lowest BCUT2D eigenvalue weighted by Gasteiger charge is -2.28. The van der Waals surface area contributed by atoms with E-state index in [0.717, 1.165) is 36.5 Å². The number of carbonyl (C=O) groups excluding carboxylic acids is 1. The average Bonchev–Trinajstić information content (AvgIpc) is 3.08. The first-order valence-corrected chi connectivity index (χ1v) is 9.74. The summed E-state index contributed by atoms with van der Waals surface area (Å²) in [7, 11) is 0. The van der Waals surface area contributed by atoms with Crippen molar-refractivity contribution in [3.8, 4) is 0 Å². The van der Waals surface area contributed by atoms with Gasteiger partial charge in [0.15, 0.2) is 6.54 Å². The Balaban J connectivity index is 1.40. The van der Waals surface area contributed by atoms with Gasteiger partial charge < -0.3 is 10.2 Å². The summed E-state index contributed by atoms with van der Waals surface area (Å²) in [5.74, 6) is -0.158. The number of hydrogen-bond donors (Lipinski definition) is 2. The minimum absolute atomic E-state index is 0.143. The van der Waals surface area contributed by atoms with Crippen LogP contribution in [0.1, 0.15) is 23.8 Å². The van der Waals surface area contributed by atoms with Gasteiger partial charge in [-0.2, -0.15) is 0 Å². The van der Waals surface area contributed by atoms with E-state index in [9.17, 15) is 9.18 Å². The molecule has 2 aromatic carbocycles. The number of piperidine rings is 1. The van der Waals surface area contributed by atoms with Crippen LogP contribution in [0.2, 0.25) is 0 Å². The van der Waals surface area contributed by atoms with Crippen LogP contribution >= 0.6 is 11.3 Å². The van der Waals surface area contributed by atoms with E-state index >= 15 is 0 Å². The second-order valence-corrected chi connectivity index (χ2v) is 7.83. The van der Waals surface area contributed by atoms with Gasteiger partial charge in [-0.05, 0) is 37.1 Å². The first kappa shape index (κ1) is 17.1. The number of likely N-dealkylation sites (tertiary alicyclic amines) is 1. The van der Waals surface area contributed by atoms with Crippen molar-refractivity contribution in [3.05, 3.63) is 59.4 Å². The number of thiazole rings is 1. The van der Waals surface area contributed by atoms with Crippen molar-refractivity contribution in [2.45, 2.75) is 18.8 Å². The van der Waals surface area contributed by atoms with E-state index in [1.165, 1.54) is 15.7 Å². The molecule has 2 N–H and O–H groups in total. The molecule has 0 bridgehead atoms. The lowest BCUT2D eigenvalue weighted by Crippen LogP contribution is -3.14. The Labute approximate surface area is 155 Å². The number of anilines is 1. The fraction of sp³-hybridized carbons (Fsp3) is 0.300.